The summed E-state index contributed by atoms with van der Waals surface area (Å²) in [6.07, 6.45) is 0. The second-order valence-electron chi connectivity index (χ2n) is 6.57. The zero-order valence-electron chi connectivity index (χ0n) is 17.0. The van der Waals surface area contributed by atoms with Crippen molar-refractivity contribution in [2.45, 2.75) is 27.7 Å². The summed E-state index contributed by atoms with van der Waals surface area (Å²) in [7, 11) is 1.61. The summed E-state index contributed by atoms with van der Waals surface area (Å²) in [5.41, 5.74) is 3.45. The molecule has 0 aromatic heterocycles. The summed E-state index contributed by atoms with van der Waals surface area (Å²) < 4.78 is 11.3. The molecule has 0 atom stereocenters. The molecule has 0 aliphatic carbocycles. The van der Waals surface area contributed by atoms with E-state index in [1.807, 2.05) is 50.2 Å². The summed E-state index contributed by atoms with van der Waals surface area (Å²) in [6.45, 7) is 11.6. The Morgan fingerprint density at radius 1 is 1.00 bits per heavy atom. The van der Waals surface area contributed by atoms with Gasteiger partial charge >= 0.3 is 0 Å². The Labute approximate surface area is 162 Å². The van der Waals surface area contributed by atoms with Crippen molar-refractivity contribution < 1.29 is 14.3 Å². The van der Waals surface area contributed by atoms with Gasteiger partial charge in [-0.05, 0) is 51.2 Å². The van der Waals surface area contributed by atoms with E-state index in [0.29, 0.717) is 29.4 Å². The van der Waals surface area contributed by atoms with E-state index in [4.69, 9.17) is 9.47 Å². The fourth-order valence-corrected chi connectivity index (χ4v) is 3.00. The van der Waals surface area contributed by atoms with Gasteiger partial charge in [-0.15, -0.1) is 0 Å². The largest absolute Gasteiger partial charge is 0.493 e. The minimum Gasteiger partial charge on any atom is -0.493 e. The summed E-state index contributed by atoms with van der Waals surface area (Å²) in [4.78, 5) is 14.9. The predicted octanol–water partition coefficient (Wildman–Crippen LogP) is 4.28. The van der Waals surface area contributed by atoms with Crippen LogP contribution in [0.25, 0.3) is 0 Å². The lowest BCUT2D eigenvalue weighted by atomic mass is 10.1. The van der Waals surface area contributed by atoms with Crippen LogP contribution in [0.2, 0.25) is 0 Å². The molecule has 1 N–H and O–H groups in total. The molecule has 0 aliphatic heterocycles. The van der Waals surface area contributed by atoms with Crippen LogP contribution in [0.5, 0.6) is 11.5 Å². The van der Waals surface area contributed by atoms with Gasteiger partial charge in [0.2, 0.25) is 0 Å². The first-order valence-corrected chi connectivity index (χ1v) is 9.39. The van der Waals surface area contributed by atoms with Crippen LogP contribution in [-0.4, -0.2) is 44.2 Å². The van der Waals surface area contributed by atoms with Gasteiger partial charge in [0.05, 0.1) is 7.11 Å². The van der Waals surface area contributed by atoms with Gasteiger partial charge in [0, 0.05) is 23.9 Å². The normalized spacial score (nSPS) is 10.7. The number of carbonyl (C=O) groups excluding carboxylic acids is 1. The lowest BCUT2D eigenvalue weighted by Gasteiger charge is -2.19. The molecule has 0 radical (unpaired) electrons. The van der Waals surface area contributed by atoms with E-state index < -0.39 is 0 Å². The first kappa shape index (κ1) is 20.8. The van der Waals surface area contributed by atoms with Gasteiger partial charge in [-0.2, -0.15) is 0 Å². The molecule has 0 spiro atoms. The van der Waals surface area contributed by atoms with E-state index in [2.05, 4.69) is 24.1 Å². The van der Waals surface area contributed by atoms with Gasteiger partial charge < -0.3 is 19.7 Å². The Balaban J connectivity index is 2.10. The van der Waals surface area contributed by atoms with E-state index >= 15 is 0 Å². The van der Waals surface area contributed by atoms with E-state index in [-0.39, 0.29) is 5.91 Å². The van der Waals surface area contributed by atoms with Gasteiger partial charge in [0.25, 0.3) is 5.91 Å². The molecule has 2 aromatic carbocycles. The van der Waals surface area contributed by atoms with E-state index in [0.717, 1.165) is 30.8 Å². The van der Waals surface area contributed by atoms with Crippen LogP contribution in [0.4, 0.5) is 5.69 Å². The Bertz CT molecular complexity index is 750. The molecule has 0 bridgehead atoms. The Hall–Kier alpha value is -2.53. The number of anilines is 1. The molecule has 2 rings (SSSR count). The average Bonchev–Trinajstić information content (AvgIpc) is 2.64. The molecular formula is C22H30N2O3. The highest BCUT2D eigenvalue weighted by atomic mass is 16.5. The van der Waals surface area contributed by atoms with Crippen molar-refractivity contribution >= 4 is 11.6 Å². The smallest absolute Gasteiger partial charge is 0.255 e. The molecule has 0 aliphatic rings. The molecule has 27 heavy (non-hydrogen) atoms. The first-order valence-electron chi connectivity index (χ1n) is 9.39. The molecule has 2 aromatic rings. The van der Waals surface area contributed by atoms with Crippen molar-refractivity contribution in [3.05, 3.63) is 53.1 Å². The summed E-state index contributed by atoms with van der Waals surface area (Å²) in [5.74, 6) is 1.14. The minimum absolute atomic E-state index is 0.138. The van der Waals surface area contributed by atoms with Crippen LogP contribution in [0.3, 0.4) is 0 Å². The van der Waals surface area contributed by atoms with Crippen molar-refractivity contribution in [1.82, 2.24) is 4.90 Å². The van der Waals surface area contributed by atoms with Gasteiger partial charge in [0.15, 0.2) is 11.5 Å². The summed E-state index contributed by atoms with van der Waals surface area (Å²) >= 11 is 0. The number of rotatable bonds is 9. The number of methoxy groups -OCH3 is 1. The van der Waals surface area contributed by atoms with Crippen LogP contribution >= 0.6 is 0 Å². The number of nitrogens with zero attached hydrogens (tertiary/aromatic N) is 1. The van der Waals surface area contributed by atoms with Gasteiger partial charge in [-0.1, -0.05) is 31.0 Å². The van der Waals surface area contributed by atoms with Crippen molar-refractivity contribution in [1.29, 1.82) is 0 Å². The molecular weight excluding hydrogens is 340 g/mol. The number of amides is 1. The number of aryl methyl sites for hydroxylation is 2. The van der Waals surface area contributed by atoms with Crippen LogP contribution in [-0.2, 0) is 0 Å². The van der Waals surface area contributed by atoms with Crippen LogP contribution in [0, 0.1) is 13.8 Å². The number of carbonyl (C=O) groups is 1. The van der Waals surface area contributed by atoms with Crippen molar-refractivity contribution in [3.8, 4) is 11.5 Å². The fraction of sp³-hybridized carbons (Fsp3) is 0.409. The highest BCUT2D eigenvalue weighted by Crippen LogP contribution is 2.30. The third kappa shape index (κ3) is 6.00. The molecule has 0 fully saturated rings. The van der Waals surface area contributed by atoms with Crippen LogP contribution < -0.4 is 14.8 Å². The number of benzene rings is 2. The number of nitrogens with one attached hydrogen (secondary N) is 1. The second kappa shape index (κ2) is 9.97. The van der Waals surface area contributed by atoms with Gasteiger partial charge in [-0.3, -0.25) is 4.79 Å². The Morgan fingerprint density at radius 3 is 2.26 bits per heavy atom. The summed E-state index contributed by atoms with van der Waals surface area (Å²) in [6, 6.07) is 11.2. The number of ether oxygens (including phenoxy) is 2. The molecule has 5 heteroatoms. The Kier molecular flexibility index (Phi) is 7.67. The number of hydrogen-bond acceptors (Lipinski definition) is 4. The fourth-order valence-electron chi connectivity index (χ4n) is 3.00. The maximum atomic E-state index is 12.6. The van der Waals surface area contributed by atoms with E-state index in [1.165, 1.54) is 0 Å². The third-order valence-corrected chi connectivity index (χ3v) is 4.46. The number of hydrogen-bond donors (Lipinski definition) is 1. The van der Waals surface area contributed by atoms with E-state index in [9.17, 15) is 4.79 Å². The minimum atomic E-state index is -0.138. The average molecular weight is 370 g/mol. The highest BCUT2D eigenvalue weighted by Gasteiger charge is 2.11. The Morgan fingerprint density at radius 2 is 1.67 bits per heavy atom. The monoisotopic (exact) mass is 370 g/mol. The van der Waals surface area contributed by atoms with Gasteiger partial charge in [-0.25, -0.2) is 0 Å². The lowest BCUT2D eigenvalue weighted by Crippen LogP contribution is -2.28. The molecule has 0 heterocycles. The maximum absolute atomic E-state index is 12.6. The van der Waals surface area contributed by atoms with Crippen molar-refractivity contribution in [2.75, 3.05) is 38.7 Å². The molecule has 146 valence electrons. The summed E-state index contributed by atoms with van der Waals surface area (Å²) in [5, 5.41) is 2.94. The van der Waals surface area contributed by atoms with Crippen LogP contribution in [0.15, 0.2) is 36.4 Å². The maximum Gasteiger partial charge on any atom is 0.255 e. The second-order valence-corrected chi connectivity index (χ2v) is 6.57. The molecule has 0 saturated carbocycles. The lowest BCUT2D eigenvalue weighted by molar-refractivity contribution is 0.102. The van der Waals surface area contributed by atoms with Crippen molar-refractivity contribution in [2.24, 2.45) is 0 Å². The van der Waals surface area contributed by atoms with Crippen LogP contribution in [0.1, 0.15) is 35.3 Å². The predicted molar refractivity (Wildman–Crippen MR) is 110 cm³/mol. The van der Waals surface area contributed by atoms with Gasteiger partial charge in [0.1, 0.15) is 6.61 Å². The molecule has 0 saturated heterocycles. The molecule has 0 unspecified atom stereocenters. The first-order chi connectivity index (χ1) is 13.0. The molecule has 5 nitrogen and oxygen atoms in total. The molecule has 1 amide bonds. The van der Waals surface area contributed by atoms with Crippen molar-refractivity contribution in [3.63, 3.8) is 0 Å². The zero-order valence-corrected chi connectivity index (χ0v) is 17.0. The standard InChI is InChI=1S/C22H30N2O3/c1-6-24(7-2)10-11-27-21-15-19(8-9-20(21)26-5)23-22(25)18-13-16(3)12-17(4)14-18/h8-9,12-15H,6-7,10-11H2,1-5H3,(H,23,25). The highest BCUT2D eigenvalue weighted by molar-refractivity contribution is 6.04. The quantitative estimate of drug-likeness (QED) is 0.716. The topological polar surface area (TPSA) is 50.8 Å². The number of likely N-dealkylation sites (N-methyl/N-ethyl adjacent to an activating group) is 1. The van der Waals surface area contributed by atoms with E-state index in [1.54, 1.807) is 7.11 Å². The zero-order chi connectivity index (χ0) is 19.8. The SMILES string of the molecule is CCN(CC)CCOc1cc(NC(=O)c2cc(C)cc(C)c2)ccc1OC. The third-order valence-electron chi connectivity index (χ3n) is 4.46.